The van der Waals surface area contributed by atoms with Crippen molar-refractivity contribution in [3.63, 3.8) is 0 Å². The highest BCUT2D eigenvalue weighted by Crippen LogP contribution is 2.22. The minimum Gasteiger partial charge on any atom is -0.341 e. The molecule has 194 valence electrons. The van der Waals surface area contributed by atoms with E-state index in [1.165, 1.54) is 25.3 Å². The number of nitrogens with zero attached hydrogens (tertiary/aromatic N) is 5. The molecule has 1 aromatic heterocycles. The molecule has 2 fully saturated rings. The molecule has 5 rings (SSSR count). The Hall–Kier alpha value is -3.56. The first-order valence-electron chi connectivity index (χ1n) is 13.2. The van der Waals surface area contributed by atoms with E-state index in [4.69, 9.17) is 0 Å². The summed E-state index contributed by atoms with van der Waals surface area (Å²) in [7, 11) is 0. The number of amides is 1. The second-order valence-corrected chi connectivity index (χ2v) is 9.96. The third-order valence-electron chi connectivity index (χ3n) is 7.08. The molecule has 0 aliphatic carbocycles. The van der Waals surface area contributed by atoms with Gasteiger partial charge < -0.3 is 20.9 Å². The van der Waals surface area contributed by atoms with Crippen molar-refractivity contribution in [2.75, 3.05) is 41.7 Å². The summed E-state index contributed by atoms with van der Waals surface area (Å²) >= 11 is 0. The first-order valence-corrected chi connectivity index (χ1v) is 13.2. The molecule has 37 heavy (non-hydrogen) atoms. The van der Waals surface area contributed by atoms with Gasteiger partial charge in [0.05, 0.1) is 0 Å². The van der Waals surface area contributed by atoms with Crippen LogP contribution in [-0.4, -0.2) is 64.0 Å². The van der Waals surface area contributed by atoms with Gasteiger partial charge in [0, 0.05) is 50.0 Å². The second-order valence-electron chi connectivity index (χ2n) is 9.96. The predicted octanol–water partition coefficient (Wildman–Crippen LogP) is 3.80. The largest absolute Gasteiger partial charge is 0.341 e. The average Bonchev–Trinajstić information content (AvgIpc) is 2.91. The van der Waals surface area contributed by atoms with Crippen LogP contribution >= 0.6 is 0 Å². The van der Waals surface area contributed by atoms with Crippen molar-refractivity contribution in [2.45, 2.75) is 51.2 Å². The molecular weight excluding hydrogens is 464 g/mol. The van der Waals surface area contributed by atoms with Crippen molar-refractivity contribution in [1.82, 2.24) is 25.2 Å². The second kappa shape index (κ2) is 12.1. The van der Waals surface area contributed by atoms with Crippen LogP contribution in [0.1, 0.15) is 38.2 Å². The van der Waals surface area contributed by atoms with E-state index in [-0.39, 0.29) is 5.91 Å². The van der Waals surface area contributed by atoms with Gasteiger partial charge in [0.15, 0.2) is 0 Å². The van der Waals surface area contributed by atoms with Gasteiger partial charge in [0.1, 0.15) is 6.33 Å². The van der Waals surface area contributed by atoms with E-state index in [1.807, 2.05) is 24.3 Å². The summed E-state index contributed by atoms with van der Waals surface area (Å²) in [5.41, 5.74) is 2.93. The van der Waals surface area contributed by atoms with Crippen LogP contribution in [0.4, 0.5) is 23.3 Å². The van der Waals surface area contributed by atoms with Crippen molar-refractivity contribution in [1.29, 1.82) is 0 Å². The molecule has 0 radical (unpaired) electrons. The zero-order valence-corrected chi connectivity index (χ0v) is 21.4. The lowest BCUT2D eigenvalue weighted by molar-refractivity contribution is -0.114. The van der Waals surface area contributed by atoms with Crippen molar-refractivity contribution < 1.29 is 4.79 Å². The van der Waals surface area contributed by atoms with Gasteiger partial charge in [-0.05, 0) is 62.5 Å². The smallest absolute Gasteiger partial charge is 0.231 e. The summed E-state index contributed by atoms with van der Waals surface area (Å²) < 4.78 is 0. The van der Waals surface area contributed by atoms with Crippen LogP contribution in [0.15, 0.2) is 60.9 Å². The molecule has 9 nitrogen and oxygen atoms in total. The highest BCUT2D eigenvalue weighted by Gasteiger charge is 2.25. The molecule has 0 spiro atoms. The lowest BCUT2D eigenvalue weighted by Crippen LogP contribution is -2.50. The summed E-state index contributed by atoms with van der Waals surface area (Å²) in [5.74, 6) is 1.08. The first kappa shape index (κ1) is 25.1. The molecule has 9 heteroatoms. The SMILES string of the molecule is CC(=O)Nc1cccc(Nc2ncnc(N3CCC(NC4CCN(Cc5ccccc5)CC4)CC3)n2)c1. The topological polar surface area (TPSA) is 98.3 Å². The third-order valence-corrected chi connectivity index (χ3v) is 7.08. The number of hydrogen-bond acceptors (Lipinski definition) is 8. The molecule has 3 N–H and O–H groups in total. The fourth-order valence-corrected chi connectivity index (χ4v) is 5.19. The van der Waals surface area contributed by atoms with E-state index in [1.54, 1.807) is 6.33 Å². The Morgan fingerprint density at radius 3 is 2.32 bits per heavy atom. The number of benzene rings is 2. The van der Waals surface area contributed by atoms with E-state index < -0.39 is 0 Å². The molecular formula is C28H36N8O. The molecule has 2 aliphatic heterocycles. The molecule has 0 unspecified atom stereocenters. The van der Waals surface area contributed by atoms with E-state index in [9.17, 15) is 4.79 Å². The minimum atomic E-state index is -0.106. The number of hydrogen-bond donors (Lipinski definition) is 3. The van der Waals surface area contributed by atoms with Crippen LogP contribution in [0.3, 0.4) is 0 Å². The molecule has 2 aromatic carbocycles. The van der Waals surface area contributed by atoms with Gasteiger partial charge in [-0.15, -0.1) is 0 Å². The maximum atomic E-state index is 11.3. The van der Waals surface area contributed by atoms with Gasteiger partial charge in [-0.25, -0.2) is 9.97 Å². The monoisotopic (exact) mass is 500 g/mol. The molecule has 2 aliphatic rings. The van der Waals surface area contributed by atoms with Gasteiger partial charge in [0.25, 0.3) is 0 Å². The summed E-state index contributed by atoms with van der Waals surface area (Å²) in [5, 5.41) is 9.94. The Morgan fingerprint density at radius 2 is 1.59 bits per heavy atom. The number of anilines is 4. The van der Waals surface area contributed by atoms with Crippen LogP contribution < -0.4 is 20.9 Å². The maximum Gasteiger partial charge on any atom is 0.231 e. The molecule has 3 heterocycles. The average molecular weight is 501 g/mol. The molecule has 3 aromatic rings. The van der Waals surface area contributed by atoms with Crippen molar-refractivity contribution in [2.24, 2.45) is 0 Å². The highest BCUT2D eigenvalue weighted by atomic mass is 16.1. The molecule has 0 atom stereocenters. The van der Waals surface area contributed by atoms with Crippen LogP contribution in [0.5, 0.6) is 0 Å². The number of rotatable bonds is 8. The number of nitrogens with one attached hydrogen (secondary N) is 3. The molecule has 1 amide bonds. The first-order chi connectivity index (χ1) is 18.1. The van der Waals surface area contributed by atoms with Crippen LogP contribution in [0.2, 0.25) is 0 Å². The summed E-state index contributed by atoms with van der Waals surface area (Å²) in [6.45, 7) is 6.69. The van der Waals surface area contributed by atoms with Crippen LogP contribution in [0, 0.1) is 0 Å². The summed E-state index contributed by atoms with van der Waals surface area (Å²) in [4.78, 5) is 29.5. The van der Waals surface area contributed by atoms with E-state index in [0.717, 1.165) is 56.9 Å². The van der Waals surface area contributed by atoms with E-state index in [2.05, 4.69) is 71.0 Å². The third kappa shape index (κ3) is 7.24. The number of piperidine rings is 2. The normalized spacial score (nSPS) is 17.5. The Balaban J connectivity index is 1.08. The minimum absolute atomic E-state index is 0.106. The van der Waals surface area contributed by atoms with Gasteiger partial charge in [-0.3, -0.25) is 9.69 Å². The Bertz CT molecular complexity index is 1160. The van der Waals surface area contributed by atoms with Crippen molar-refractivity contribution in [3.8, 4) is 0 Å². The fourth-order valence-electron chi connectivity index (χ4n) is 5.19. The fraction of sp³-hybridized carbons (Fsp3) is 0.429. The van der Waals surface area contributed by atoms with Gasteiger partial charge >= 0.3 is 0 Å². The van der Waals surface area contributed by atoms with Crippen molar-refractivity contribution >= 4 is 29.2 Å². The number of carbonyl (C=O) groups excluding carboxylic acids is 1. The van der Waals surface area contributed by atoms with Gasteiger partial charge in [-0.2, -0.15) is 4.98 Å². The van der Waals surface area contributed by atoms with E-state index in [0.29, 0.717) is 24.0 Å². The summed E-state index contributed by atoms with van der Waals surface area (Å²) in [6.07, 6.45) is 6.13. The molecule has 0 saturated carbocycles. The predicted molar refractivity (Wildman–Crippen MR) is 147 cm³/mol. The molecule has 0 bridgehead atoms. The van der Waals surface area contributed by atoms with Crippen LogP contribution in [0.25, 0.3) is 0 Å². The lowest BCUT2D eigenvalue weighted by atomic mass is 9.99. The van der Waals surface area contributed by atoms with Gasteiger partial charge in [0.2, 0.25) is 17.8 Å². The van der Waals surface area contributed by atoms with Gasteiger partial charge in [-0.1, -0.05) is 36.4 Å². The summed E-state index contributed by atoms with van der Waals surface area (Å²) in [6, 6.07) is 19.4. The zero-order chi connectivity index (χ0) is 25.5. The zero-order valence-electron chi connectivity index (χ0n) is 21.4. The lowest BCUT2D eigenvalue weighted by Gasteiger charge is -2.37. The van der Waals surface area contributed by atoms with Crippen LogP contribution in [-0.2, 0) is 11.3 Å². The Labute approximate surface area is 218 Å². The Kier molecular flexibility index (Phi) is 8.22. The van der Waals surface area contributed by atoms with Crippen molar-refractivity contribution in [3.05, 3.63) is 66.5 Å². The number of aromatic nitrogens is 3. The highest BCUT2D eigenvalue weighted by molar-refractivity contribution is 5.89. The quantitative estimate of drug-likeness (QED) is 0.430. The Morgan fingerprint density at radius 1 is 0.892 bits per heavy atom. The maximum absolute atomic E-state index is 11.3. The molecule has 2 saturated heterocycles. The number of likely N-dealkylation sites (tertiary alicyclic amines) is 1. The standard InChI is InChI=1S/C28H36N8O/c1-21(37)31-25-8-5-9-26(18-25)33-27-29-20-30-28(34-27)36-16-12-24(13-17-36)32-23-10-14-35(15-11-23)19-22-6-3-2-4-7-22/h2-9,18,20,23-24,32H,10-17,19H2,1H3,(H,31,37)(H,29,30,33,34). The number of carbonyl (C=O) groups is 1. The van der Waals surface area contributed by atoms with E-state index >= 15 is 0 Å².